The molecule has 2 N–H and O–H groups in total. The quantitative estimate of drug-likeness (QED) is 0.374. The first-order valence-corrected chi connectivity index (χ1v) is 4.74. The summed E-state index contributed by atoms with van der Waals surface area (Å²) in [5.74, 6) is -0.0696. The number of hydrogen-bond acceptors (Lipinski definition) is 3. The summed E-state index contributed by atoms with van der Waals surface area (Å²) in [6, 6.07) is 0. The Balaban J connectivity index is 0. The Morgan fingerprint density at radius 2 is 2.00 bits per heavy atom. The fourth-order valence-electron chi connectivity index (χ4n) is 0.440. The van der Waals surface area contributed by atoms with E-state index in [9.17, 15) is 8.42 Å². The molecule has 0 aliphatic heterocycles. The molecule has 0 rings (SSSR count). The summed E-state index contributed by atoms with van der Waals surface area (Å²) in [7, 11) is -3.05. The van der Waals surface area contributed by atoms with Crippen LogP contribution >= 0.6 is 11.6 Å². The zero-order valence-electron chi connectivity index (χ0n) is 6.94. The minimum absolute atomic E-state index is 0. The summed E-state index contributed by atoms with van der Waals surface area (Å²) in [4.78, 5) is 0. The molecule has 0 aliphatic rings. The molecule has 69 valence electrons. The Bertz CT molecular complexity index is 209. The predicted octanol–water partition coefficient (Wildman–Crippen LogP) is -1.06. The third kappa shape index (κ3) is 7.19. The summed E-state index contributed by atoms with van der Waals surface area (Å²) in [5, 5.41) is 8.84. The minimum Gasteiger partial charge on any atom is -0.391 e. The van der Waals surface area contributed by atoms with Crippen molar-refractivity contribution < 1.29 is 18.1 Å². The first kappa shape index (κ1) is 16.2. The summed E-state index contributed by atoms with van der Waals surface area (Å²) in [6.45, 7) is -0.206. The van der Waals surface area contributed by atoms with E-state index in [1.165, 1.54) is 0 Å². The molecule has 0 aromatic rings. The molecule has 5 nitrogen and oxygen atoms in total. The summed E-state index contributed by atoms with van der Waals surface area (Å²) >= 11 is 5.19. The van der Waals surface area contributed by atoms with Gasteiger partial charge in [-0.1, -0.05) is 0 Å². The number of hydrogen-bond donors (Lipinski definition) is 2. The van der Waals surface area contributed by atoms with E-state index in [0.29, 0.717) is 4.31 Å². The molecule has 1 radical (unpaired) electrons. The van der Waals surface area contributed by atoms with E-state index in [1.54, 1.807) is 0 Å². The number of halogens is 1. The van der Waals surface area contributed by atoms with Gasteiger partial charge in [-0.15, -0.1) is 11.6 Å². The van der Waals surface area contributed by atoms with Crippen molar-refractivity contribution in [1.82, 2.24) is 4.31 Å². The molecule has 0 fully saturated rings. The van der Waals surface area contributed by atoms with Gasteiger partial charge in [0.2, 0.25) is 0 Å². The van der Waals surface area contributed by atoms with Gasteiger partial charge < -0.3 is 5.11 Å². The second-order valence-electron chi connectivity index (χ2n) is 2.07. The van der Waals surface area contributed by atoms with E-state index in [2.05, 4.69) is 0 Å². The SMILES string of the molecule is CN(CC(O)CCl)S(=O)(=O)O.[K]. The number of alkyl halides is 1. The van der Waals surface area contributed by atoms with Gasteiger partial charge in [0.15, 0.2) is 0 Å². The maximum absolute atomic E-state index is 10.3. The molecule has 0 saturated heterocycles. The number of nitrogens with zero attached hydrogens (tertiary/aromatic N) is 1. The van der Waals surface area contributed by atoms with Gasteiger partial charge in [0.05, 0.1) is 6.10 Å². The molecule has 0 amide bonds. The molecular weight excluding hydrogens is 233 g/mol. The van der Waals surface area contributed by atoms with Gasteiger partial charge >= 0.3 is 10.3 Å². The number of aliphatic hydroxyl groups excluding tert-OH is 1. The van der Waals surface area contributed by atoms with Crippen LogP contribution in [0.2, 0.25) is 0 Å². The number of aliphatic hydroxyl groups is 1. The van der Waals surface area contributed by atoms with Gasteiger partial charge in [-0.25, -0.2) is 0 Å². The van der Waals surface area contributed by atoms with Crippen LogP contribution in [-0.4, -0.2) is 99.3 Å². The maximum Gasteiger partial charge on any atom is 0.335 e. The molecule has 0 aromatic carbocycles. The van der Waals surface area contributed by atoms with Crippen molar-refractivity contribution in [2.24, 2.45) is 0 Å². The molecule has 1 atom stereocenters. The van der Waals surface area contributed by atoms with E-state index in [0.717, 1.165) is 7.05 Å². The molecule has 0 spiro atoms. The van der Waals surface area contributed by atoms with Crippen molar-refractivity contribution in [3.63, 3.8) is 0 Å². The first-order valence-electron chi connectivity index (χ1n) is 2.80. The zero-order chi connectivity index (χ0) is 9.07. The summed E-state index contributed by atoms with van der Waals surface area (Å²) < 4.78 is 29.6. The molecular formula is C4H10ClKNO4S. The maximum atomic E-state index is 10.3. The molecule has 0 saturated carbocycles. The monoisotopic (exact) mass is 242 g/mol. The summed E-state index contributed by atoms with van der Waals surface area (Å²) in [6.07, 6.45) is -0.955. The third-order valence-corrected chi connectivity index (χ3v) is 2.33. The first-order chi connectivity index (χ1) is 4.88. The van der Waals surface area contributed by atoms with Crippen LogP contribution in [0.5, 0.6) is 0 Å². The second-order valence-corrected chi connectivity index (χ2v) is 3.89. The average molecular weight is 243 g/mol. The van der Waals surface area contributed by atoms with Gasteiger partial charge in [0.1, 0.15) is 0 Å². The van der Waals surface area contributed by atoms with Crippen LogP contribution < -0.4 is 0 Å². The van der Waals surface area contributed by atoms with Gasteiger partial charge in [0.25, 0.3) is 0 Å². The fraction of sp³-hybridized carbons (Fsp3) is 1.00. The van der Waals surface area contributed by atoms with Crippen molar-refractivity contribution in [2.75, 3.05) is 19.5 Å². The molecule has 0 bridgehead atoms. The number of rotatable bonds is 4. The van der Waals surface area contributed by atoms with E-state index in [4.69, 9.17) is 21.3 Å². The number of likely N-dealkylation sites (N-methyl/N-ethyl adjacent to an activating group) is 1. The minimum atomic E-state index is -4.19. The normalized spacial score (nSPS) is 14.1. The Morgan fingerprint density at radius 3 is 2.25 bits per heavy atom. The van der Waals surface area contributed by atoms with Crippen LogP contribution in [0.1, 0.15) is 0 Å². The van der Waals surface area contributed by atoms with E-state index in [1.807, 2.05) is 0 Å². The largest absolute Gasteiger partial charge is 0.391 e. The standard InChI is InChI=1S/C4H10ClNO4S.K/c1-6(11(8,9)10)3-4(7)2-5;/h4,7H,2-3H2,1H3,(H,8,9,10);. The Morgan fingerprint density at radius 1 is 1.58 bits per heavy atom. The van der Waals surface area contributed by atoms with Gasteiger partial charge in [-0.3, -0.25) is 4.55 Å². The van der Waals surface area contributed by atoms with Gasteiger partial charge in [-0.2, -0.15) is 12.7 Å². The Kier molecular flexibility index (Phi) is 9.58. The van der Waals surface area contributed by atoms with Crippen LogP contribution in [0.15, 0.2) is 0 Å². The van der Waals surface area contributed by atoms with Crippen molar-refractivity contribution in [3.8, 4) is 0 Å². The third-order valence-electron chi connectivity index (χ3n) is 1.04. The molecule has 8 heteroatoms. The molecule has 1 unspecified atom stereocenters. The van der Waals surface area contributed by atoms with Crippen molar-refractivity contribution in [2.45, 2.75) is 6.10 Å². The van der Waals surface area contributed by atoms with Crippen molar-refractivity contribution in [3.05, 3.63) is 0 Å². The van der Waals surface area contributed by atoms with Gasteiger partial charge in [0, 0.05) is 70.9 Å². The van der Waals surface area contributed by atoms with Crippen LogP contribution in [0.25, 0.3) is 0 Å². The van der Waals surface area contributed by atoms with E-state index >= 15 is 0 Å². The van der Waals surface area contributed by atoms with Gasteiger partial charge in [-0.05, 0) is 0 Å². The molecule has 0 heterocycles. The summed E-state index contributed by atoms with van der Waals surface area (Å²) in [5.41, 5.74) is 0. The van der Waals surface area contributed by atoms with Crippen LogP contribution in [0.4, 0.5) is 0 Å². The second kappa shape index (κ2) is 7.10. The van der Waals surface area contributed by atoms with Crippen LogP contribution in [0, 0.1) is 0 Å². The predicted molar refractivity (Wildman–Crippen MR) is 46.7 cm³/mol. The Hall–Kier alpha value is 1.76. The van der Waals surface area contributed by atoms with E-state index < -0.39 is 16.4 Å². The average Bonchev–Trinajstić information content (AvgIpc) is 1.85. The zero-order valence-corrected chi connectivity index (χ0v) is 11.6. The van der Waals surface area contributed by atoms with Crippen LogP contribution in [-0.2, 0) is 10.3 Å². The smallest absolute Gasteiger partial charge is 0.335 e. The molecule has 0 aliphatic carbocycles. The van der Waals surface area contributed by atoms with Crippen LogP contribution in [0.3, 0.4) is 0 Å². The van der Waals surface area contributed by atoms with Crippen molar-refractivity contribution in [1.29, 1.82) is 0 Å². The fourth-order valence-corrected chi connectivity index (χ4v) is 0.898. The van der Waals surface area contributed by atoms with E-state index in [-0.39, 0.29) is 63.8 Å². The topological polar surface area (TPSA) is 77.8 Å². The molecule has 12 heavy (non-hydrogen) atoms. The Labute approximate surface area is 119 Å². The molecule has 0 aromatic heterocycles. The van der Waals surface area contributed by atoms with Crippen molar-refractivity contribution >= 4 is 73.3 Å².